The highest BCUT2D eigenvalue weighted by Crippen LogP contribution is 2.23. The molecule has 0 N–H and O–H groups in total. The summed E-state index contributed by atoms with van der Waals surface area (Å²) < 4.78 is 1.37. The molecular formula is C14H22N4OS. The Morgan fingerprint density at radius 1 is 1.45 bits per heavy atom. The second kappa shape index (κ2) is 5.26. The molecular weight excluding hydrogens is 272 g/mol. The minimum Gasteiger partial charge on any atom is -0.297 e. The summed E-state index contributed by atoms with van der Waals surface area (Å²) in [6.45, 7) is 11.4. The van der Waals surface area contributed by atoms with Crippen molar-refractivity contribution in [3.05, 3.63) is 27.1 Å². The molecule has 1 unspecified atom stereocenters. The molecule has 6 heteroatoms. The van der Waals surface area contributed by atoms with Gasteiger partial charge in [0.15, 0.2) is 0 Å². The molecule has 0 saturated carbocycles. The number of hydrogen-bond donors (Lipinski definition) is 0. The summed E-state index contributed by atoms with van der Waals surface area (Å²) in [6, 6.07) is 1.98. The summed E-state index contributed by atoms with van der Waals surface area (Å²) in [5, 5.41) is 5.00. The molecule has 2 heterocycles. The van der Waals surface area contributed by atoms with Crippen molar-refractivity contribution in [2.24, 2.45) is 5.41 Å². The summed E-state index contributed by atoms with van der Waals surface area (Å²) in [7, 11) is 2.07. The molecule has 0 radical (unpaired) electrons. The molecule has 5 nitrogen and oxygen atoms in total. The highest BCUT2D eigenvalue weighted by molar-refractivity contribution is 7.16. The van der Waals surface area contributed by atoms with Gasteiger partial charge in [-0.15, -0.1) is 0 Å². The van der Waals surface area contributed by atoms with Crippen molar-refractivity contribution in [3.8, 4) is 0 Å². The quantitative estimate of drug-likeness (QED) is 0.872. The molecule has 0 bridgehead atoms. The Labute approximate surface area is 123 Å². The minimum absolute atomic E-state index is 0.105. The fourth-order valence-electron chi connectivity index (χ4n) is 2.09. The standard InChI is InChI=1S/C14H22N4OS/c1-9(14(3,4)5)17(6)8-11-7-12(19)18-13(15-11)20-10(2)16-18/h7,9H,8H2,1-6H3. The molecule has 0 saturated heterocycles. The van der Waals surface area contributed by atoms with Gasteiger partial charge < -0.3 is 0 Å². The molecule has 2 aromatic heterocycles. The van der Waals surface area contributed by atoms with E-state index in [0.717, 1.165) is 10.7 Å². The Hall–Kier alpha value is -1.27. The number of aromatic nitrogens is 3. The monoisotopic (exact) mass is 294 g/mol. The van der Waals surface area contributed by atoms with Crippen molar-refractivity contribution in [1.82, 2.24) is 19.5 Å². The minimum atomic E-state index is -0.105. The molecule has 1 atom stereocenters. The zero-order chi connectivity index (χ0) is 15.1. The lowest BCUT2D eigenvalue weighted by Crippen LogP contribution is -2.39. The SMILES string of the molecule is Cc1nn2c(=O)cc(CN(C)C(C)C(C)(C)C)nc2s1. The van der Waals surface area contributed by atoms with E-state index in [1.54, 1.807) is 6.07 Å². The van der Waals surface area contributed by atoms with Crippen LogP contribution < -0.4 is 5.56 Å². The Kier molecular flexibility index (Phi) is 3.97. The van der Waals surface area contributed by atoms with Crippen molar-refractivity contribution in [2.75, 3.05) is 7.05 Å². The summed E-state index contributed by atoms with van der Waals surface area (Å²) in [5.74, 6) is 0. The predicted molar refractivity (Wildman–Crippen MR) is 82.3 cm³/mol. The first-order chi connectivity index (χ1) is 9.18. The first kappa shape index (κ1) is 15.1. The zero-order valence-electron chi connectivity index (χ0n) is 13.0. The van der Waals surface area contributed by atoms with Crippen LogP contribution >= 0.6 is 11.3 Å². The maximum atomic E-state index is 12.0. The van der Waals surface area contributed by atoms with Gasteiger partial charge in [0.05, 0.1) is 5.69 Å². The Balaban J connectivity index is 2.28. The first-order valence-corrected chi connectivity index (χ1v) is 7.57. The van der Waals surface area contributed by atoms with Gasteiger partial charge in [0.25, 0.3) is 5.56 Å². The number of fused-ring (bicyclic) bond motifs is 1. The van der Waals surface area contributed by atoms with Crippen LogP contribution in [0.1, 0.15) is 38.4 Å². The highest BCUT2D eigenvalue weighted by Gasteiger charge is 2.24. The fraction of sp³-hybridized carbons (Fsp3) is 0.643. The van der Waals surface area contributed by atoms with E-state index in [0.29, 0.717) is 17.5 Å². The normalized spacial score (nSPS) is 14.2. The van der Waals surface area contributed by atoms with E-state index in [9.17, 15) is 4.79 Å². The van der Waals surface area contributed by atoms with Crippen LogP contribution in [0.5, 0.6) is 0 Å². The Morgan fingerprint density at radius 3 is 2.70 bits per heavy atom. The summed E-state index contributed by atoms with van der Waals surface area (Å²) in [6.07, 6.45) is 0. The van der Waals surface area contributed by atoms with Crippen LogP contribution in [0.2, 0.25) is 0 Å². The molecule has 110 valence electrons. The third-order valence-corrected chi connectivity index (χ3v) is 4.55. The van der Waals surface area contributed by atoms with Crippen molar-refractivity contribution < 1.29 is 0 Å². The first-order valence-electron chi connectivity index (χ1n) is 6.75. The lowest BCUT2D eigenvalue weighted by atomic mass is 9.87. The van der Waals surface area contributed by atoms with Crippen LogP contribution in [0.4, 0.5) is 0 Å². The summed E-state index contributed by atoms with van der Waals surface area (Å²) in [4.78, 5) is 19.4. The van der Waals surface area contributed by atoms with E-state index in [1.807, 2.05) is 6.92 Å². The molecule has 0 fully saturated rings. The Bertz CT molecular complexity index is 668. The van der Waals surface area contributed by atoms with Crippen LogP contribution in [0.25, 0.3) is 4.96 Å². The number of rotatable bonds is 3. The maximum Gasteiger partial charge on any atom is 0.275 e. The molecule has 0 aliphatic heterocycles. The summed E-state index contributed by atoms with van der Waals surface area (Å²) in [5.41, 5.74) is 0.887. The van der Waals surface area contributed by atoms with Crippen LogP contribution in [-0.4, -0.2) is 32.6 Å². The van der Waals surface area contributed by atoms with Crippen molar-refractivity contribution >= 4 is 16.3 Å². The molecule has 2 aromatic rings. The molecule has 20 heavy (non-hydrogen) atoms. The second-order valence-corrected chi connectivity index (χ2v) is 7.52. The fourth-order valence-corrected chi connectivity index (χ4v) is 2.85. The number of nitrogens with zero attached hydrogens (tertiary/aromatic N) is 4. The molecule has 0 aliphatic carbocycles. The molecule has 0 aromatic carbocycles. The van der Waals surface area contributed by atoms with Gasteiger partial charge in [-0.2, -0.15) is 9.61 Å². The van der Waals surface area contributed by atoms with Crippen molar-refractivity contribution in [2.45, 2.75) is 47.2 Å². The van der Waals surface area contributed by atoms with E-state index in [-0.39, 0.29) is 11.0 Å². The van der Waals surface area contributed by atoms with E-state index in [1.165, 1.54) is 15.9 Å². The zero-order valence-corrected chi connectivity index (χ0v) is 13.8. The van der Waals surface area contributed by atoms with E-state index in [2.05, 4.69) is 49.7 Å². The van der Waals surface area contributed by atoms with Crippen LogP contribution in [-0.2, 0) is 6.54 Å². The van der Waals surface area contributed by atoms with Gasteiger partial charge in [-0.1, -0.05) is 32.1 Å². The van der Waals surface area contributed by atoms with Gasteiger partial charge in [-0.25, -0.2) is 4.98 Å². The van der Waals surface area contributed by atoms with Crippen LogP contribution in [0, 0.1) is 12.3 Å². The smallest absolute Gasteiger partial charge is 0.275 e. The van der Waals surface area contributed by atoms with Crippen molar-refractivity contribution in [3.63, 3.8) is 0 Å². The molecule has 2 rings (SSSR count). The van der Waals surface area contributed by atoms with Gasteiger partial charge in [0, 0.05) is 18.7 Å². The topological polar surface area (TPSA) is 50.5 Å². The van der Waals surface area contributed by atoms with E-state index >= 15 is 0 Å². The maximum absolute atomic E-state index is 12.0. The summed E-state index contributed by atoms with van der Waals surface area (Å²) >= 11 is 1.44. The van der Waals surface area contributed by atoms with Gasteiger partial charge in [-0.05, 0) is 26.3 Å². The van der Waals surface area contributed by atoms with Crippen molar-refractivity contribution in [1.29, 1.82) is 0 Å². The lowest BCUT2D eigenvalue weighted by molar-refractivity contribution is 0.133. The molecule has 0 aliphatic rings. The molecule has 0 amide bonds. The average Bonchev–Trinajstić information content (AvgIpc) is 2.68. The number of aryl methyl sites for hydroxylation is 1. The van der Waals surface area contributed by atoms with Gasteiger partial charge in [0.2, 0.25) is 4.96 Å². The highest BCUT2D eigenvalue weighted by atomic mass is 32.1. The van der Waals surface area contributed by atoms with Gasteiger partial charge >= 0.3 is 0 Å². The van der Waals surface area contributed by atoms with E-state index in [4.69, 9.17) is 0 Å². The van der Waals surface area contributed by atoms with Crippen LogP contribution in [0.15, 0.2) is 10.9 Å². The van der Waals surface area contributed by atoms with Gasteiger partial charge in [0.1, 0.15) is 5.01 Å². The second-order valence-electron chi connectivity index (χ2n) is 6.36. The van der Waals surface area contributed by atoms with Gasteiger partial charge in [-0.3, -0.25) is 9.69 Å². The largest absolute Gasteiger partial charge is 0.297 e. The third kappa shape index (κ3) is 3.07. The Morgan fingerprint density at radius 2 is 2.10 bits per heavy atom. The lowest BCUT2D eigenvalue weighted by Gasteiger charge is -2.35. The molecule has 0 spiro atoms. The number of hydrogen-bond acceptors (Lipinski definition) is 5. The average molecular weight is 294 g/mol. The van der Waals surface area contributed by atoms with E-state index < -0.39 is 0 Å². The predicted octanol–water partition coefficient (Wildman–Crippen LogP) is 2.33. The third-order valence-electron chi connectivity index (χ3n) is 3.72. The van der Waals surface area contributed by atoms with Crippen LogP contribution in [0.3, 0.4) is 0 Å².